The predicted octanol–water partition coefficient (Wildman–Crippen LogP) is 4.29. The molecule has 31 heavy (non-hydrogen) atoms. The minimum atomic E-state index is -0.562. The highest BCUT2D eigenvalue weighted by molar-refractivity contribution is 6.13. The first kappa shape index (κ1) is 20.0. The zero-order valence-electron chi connectivity index (χ0n) is 16.9. The summed E-state index contributed by atoms with van der Waals surface area (Å²) in [7, 11) is 1.42. The number of rotatable bonds is 6. The van der Waals surface area contributed by atoms with Crippen molar-refractivity contribution in [1.82, 2.24) is 14.8 Å². The summed E-state index contributed by atoms with van der Waals surface area (Å²) in [6, 6.07) is 13.2. The predicted molar refractivity (Wildman–Crippen MR) is 116 cm³/mol. The smallest absolute Gasteiger partial charge is 0.296 e. The average molecular weight is 417 g/mol. The van der Waals surface area contributed by atoms with E-state index in [4.69, 9.17) is 4.74 Å². The van der Waals surface area contributed by atoms with Gasteiger partial charge in [0.05, 0.1) is 41.1 Å². The first-order chi connectivity index (χ1) is 15.0. The third-order valence-corrected chi connectivity index (χ3v) is 4.86. The number of ether oxygens (including phenoxy) is 1. The van der Waals surface area contributed by atoms with Crippen molar-refractivity contribution < 1.29 is 14.5 Å². The van der Waals surface area contributed by atoms with E-state index in [9.17, 15) is 14.9 Å². The van der Waals surface area contributed by atoms with Gasteiger partial charge in [0, 0.05) is 23.7 Å². The minimum absolute atomic E-state index is 0.0806. The van der Waals surface area contributed by atoms with Crippen molar-refractivity contribution in [2.75, 3.05) is 12.4 Å². The molecular weight excluding hydrogens is 398 g/mol. The van der Waals surface area contributed by atoms with Crippen LogP contribution in [-0.2, 0) is 6.54 Å². The number of nitrogens with one attached hydrogen (secondary N) is 1. The fourth-order valence-electron chi connectivity index (χ4n) is 3.26. The van der Waals surface area contributed by atoms with Gasteiger partial charge in [0.2, 0.25) is 0 Å². The van der Waals surface area contributed by atoms with E-state index in [1.165, 1.54) is 19.2 Å². The van der Waals surface area contributed by atoms with E-state index in [0.717, 1.165) is 5.56 Å². The number of nitro groups is 1. The molecule has 0 unspecified atom stereocenters. The van der Waals surface area contributed by atoms with Gasteiger partial charge in [-0.15, -0.1) is 0 Å². The van der Waals surface area contributed by atoms with Crippen LogP contribution in [0.2, 0.25) is 0 Å². The first-order valence-electron chi connectivity index (χ1n) is 9.56. The maximum Gasteiger partial charge on any atom is 0.296 e. The van der Waals surface area contributed by atoms with Crippen LogP contribution in [0.3, 0.4) is 0 Å². The molecule has 2 heterocycles. The van der Waals surface area contributed by atoms with E-state index in [-0.39, 0.29) is 11.4 Å². The Kier molecular flexibility index (Phi) is 5.31. The van der Waals surface area contributed by atoms with Crippen molar-refractivity contribution in [2.24, 2.45) is 0 Å². The number of hydrogen-bond donors (Lipinski definition) is 1. The SMILES string of the molecule is CCn1cc(-c2cc(C(=O)Nc3ccc(OC)cc3[N+](=O)[O-])c3ccccc3n2)cn1. The molecule has 0 saturated heterocycles. The average Bonchev–Trinajstić information content (AvgIpc) is 3.28. The number of fused-ring (bicyclic) bond motifs is 1. The molecule has 0 spiro atoms. The third-order valence-electron chi connectivity index (χ3n) is 4.86. The Morgan fingerprint density at radius 2 is 2.03 bits per heavy atom. The maximum atomic E-state index is 13.2. The normalized spacial score (nSPS) is 10.8. The summed E-state index contributed by atoms with van der Waals surface area (Å²) in [5.41, 5.74) is 2.19. The van der Waals surface area contributed by atoms with Crippen LogP contribution in [0, 0.1) is 10.1 Å². The molecule has 9 nitrogen and oxygen atoms in total. The Balaban J connectivity index is 1.78. The van der Waals surface area contributed by atoms with Crippen molar-refractivity contribution in [3.05, 3.63) is 76.6 Å². The highest BCUT2D eigenvalue weighted by Crippen LogP contribution is 2.31. The number of methoxy groups -OCH3 is 1. The van der Waals surface area contributed by atoms with Gasteiger partial charge in [-0.2, -0.15) is 5.10 Å². The quantitative estimate of drug-likeness (QED) is 0.370. The largest absolute Gasteiger partial charge is 0.496 e. The maximum absolute atomic E-state index is 13.2. The second kappa shape index (κ2) is 8.23. The van der Waals surface area contributed by atoms with Gasteiger partial charge < -0.3 is 10.1 Å². The number of benzene rings is 2. The van der Waals surface area contributed by atoms with E-state index in [1.807, 2.05) is 31.3 Å². The van der Waals surface area contributed by atoms with E-state index in [0.29, 0.717) is 34.5 Å². The van der Waals surface area contributed by atoms with Gasteiger partial charge in [-0.3, -0.25) is 19.6 Å². The molecule has 0 saturated carbocycles. The topological polar surface area (TPSA) is 112 Å². The molecule has 0 atom stereocenters. The van der Waals surface area contributed by atoms with Crippen LogP contribution in [-0.4, -0.2) is 32.7 Å². The second-order valence-corrected chi connectivity index (χ2v) is 6.75. The third kappa shape index (κ3) is 3.93. The molecule has 9 heteroatoms. The number of carbonyl (C=O) groups excluding carboxylic acids is 1. The molecule has 2 aromatic carbocycles. The standard InChI is InChI=1S/C22H19N5O4/c1-3-26-13-14(12-23-26)20-11-17(16-6-4-5-7-18(16)24-20)22(28)25-19-9-8-15(31-2)10-21(19)27(29)30/h4-13H,3H2,1-2H3,(H,25,28). The Morgan fingerprint density at radius 1 is 1.23 bits per heavy atom. The minimum Gasteiger partial charge on any atom is -0.496 e. The molecular formula is C22H19N5O4. The molecule has 0 aliphatic rings. The van der Waals surface area contributed by atoms with Gasteiger partial charge in [-0.1, -0.05) is 18.2 Å². The molecule has 156 valence electrons. The van der Waals surface area contributed by atoms with Crippen molar-refractivity contribution >= 4 is 28.2 Å². The Morgan fingerprint density at radius 3 is 2.74 bits per heavy atom. The van der Waals surface area contributed by atoms with Crippen LogP contribution in [0.5, 0.6) is 5.75 Å². The highest BCUT2D eigenvalue weighted by atomic mass is 16.6. The number of pyridine rings is 1. The van der Waals surface area contributed by atoms with Crippen molar-refractivity contribution in [2.45, 2.75) is 13.5 Å². The van der Waals surface area contributed by atoms with Crippen molar-refractivity contribution in [1.29, 1.82) is 0 Å². The number of aromatic nitrogens is 3. The second-order valence-electron chi connectivity index (χ2n) is 6.75. The van der Waals surface area contributed by atoms with E-state index < -0.39 is 10.8 Å². The van der Waals surface area contributed by atoms with E-state index in [2.05, 4.69) is 15.4 Å². The molecule has 2 aromatic heterocycles. The summed E-state index contributed by atoms with van der Waals surface area (Å²) in [5.74, 6) is -0.148. The number of hydrogen-bond acceptors (Lipinski definition) is 6. The fourth-order valence-corrected chi connectivity index (χ4v) is 3.26. The molecule has 1 amide bonds. The Bertz CT molecular complexity index is 1300. The number of amides is 1. The number of carbonyl (C=O) groups is 1. The summed E-state index contributed by atoms with van der Waals surface area (Å²) in [4.78, 5) is 28.7. The van der Waals surface area contributed by atoms with Crippen LogP contribution < -0.4 is 10.1 Å². The molecule has 4 aromatic rings. The summed E-state index contributed by atoms with van der Waals surface area (Å²) in [5, 5.41) is 19.0. The molecule has 0 bridgehead atoms. The van der Waals surface area contributed by atoms with E-state index >= 15 is 0 Å². The Hall–Kier alpha value is -4.27. The first-order valence-corrected chi connectivity index (χ1v) is 9.56. The van der Waals surface area contributed by atoms with Gasteiger partial charge in [0.1, 0.15) is 11.4 Å². The lowest BCUT2D eigenvalue weighted by atomic mass is 10.0. The van der Waals surface area contributed by atoms with Crippen LogP contribution in [0.4, 0.5) is 11.4 Å². The number of para-hydroxylation sites is 1. The fraction of sp³-hybridized carbons (Fsp3) is 0.136. The summed E-state index contributed by atoms with van der Waals surface area (Å²) >= 11 is 0. The Labute approximate surface area is 177 Å². The molecule has 0 fully saturated rings. The number of nitro benzene ring substituents is 1. The van der Waals surface area contributed by atoms with E-state index in [1.54, 1.807) is 29.1 Å². The van der Waals surface area contributed by atoms with Crippen LogP contribution in [0.1, 0.15) is 17.3 Å². The molecule has 1 N–H and O–H groups in total. The lowest BCUT2D eigenvalue weighted by Gasteiger charge is -2.11. The number of anilines is 1. The number of nitrogens with zero attached hydrogens (tertiary/aromatic N) is 4. The van der Waals surface area contributed by atoms with Crippen molar-refractivity contribution in [3.8, 4) is 17.0 Å². The zero-order valence-corrected chi connectivity index (χ0v) is 16.9. The van der Waals surface area contributed by atoms with Gasteiger partial charge in [0.15, 0.2) is 0 Å². The van der Waals surface area contributed by atoms with Crippen LogP contribution in [0.15, 0.2) is 60.9 Å². The van der Waals surface area contributed by atoms with Gasteiger partial charge in [-0.05, 0) is 31.2 Å². The van der Waals surface area contributed by atoms with Crippen LogP contribution in [0.25, 0.3) is 22.2 Å². The molecule has 0 aliphatic carbocycles. The molecule has 4 rings (SSSR count). The summed E-state index contributed by atoms with van der Waals surface area (Å²) in [6.07, 6.45) is 3.55. The van der Waals surface area contributed by atoms with Gasteiger partial charge in [-0.25, -0.2) is 4.98 Å². The highest BCUT2D eigenvalue weighted by Gasteiger charge is 2.20. The molecule has 0 radical (unpaired) electrons. The molecule has 0 aliphatic heterocycles. The van der Waals surface area contributed by atoms with Crippen LogP contribution >= 0.6 is 0 Å². The summed E-state index contributed by atoms with van der Waals surface area (Å²) in [6.45, 7) is 2.69. The number of aryl methyl sites for hydroxylation is 1. The summed E-state index contributed by atoms with van der Waals surface area (Å²) < 4.78 is 6.82. The van der Waals surface area contributed by atoms with Gasteiger partial charge >= 0.3 is 0 Å². The zero-order chi connectivity index (χ0) is 22.0. The lowest BCUT2D eigenvalue weighted by Crippen LogP contribution is -2.14. The lowest BCUT2D eigenvalue weighted by molar-refractivity contribution is -0.384. The van der Waals surface area contributed by atoms with Gasteiger partial charge in [0.25, 0.3) is 11.6 Å². The van der Waals surface area contributed by atoms with Crippen molar-refractivity contribution in [3.63, 3.8) is 0 Å². The monoisotopic (exact) mass is 417 g/mol.